The van der Waals surface area contributed by atoms with E-state index in [0.717, 1.165) is 31.0 Å². The Labute approximate surface area is 116 Å². The number of carbonyl (C=O) groups excluding carboxylic acids is 1. The summed E-state index contributed by atoms with van der Waals surface area (Å²) in [5, 5.41) is 0. The second-order valence-corrected chi connectivity index (χ2v) is 5.48. The van der Waals surface area contributed by atoms with E-state index in [4.69, 9.17) is 0 Å². The van der Waals surface area contributed by atoms with Crippen molar-refractivity contribution in [2.75, 3.05) is 13.1 Å². The predicted octanol–water partition coefficient (Wildman–Crippen LogP) is 3.66. The quantitative estimate of drug-likeness (QED) is 0.712. The Balaban J connectivity index is 1.96. The van der Waals surface area contributed by atoms with Crippen molar-refractivity contribution in [1.29, 1.82) is 0 Å². The number of hydrogen-bond acceptors (Lipinski definition) is 1. The molecule has 0 aliphatic heterocycles. The minimum atomic E-state index is 0.148. The number of nitrogens with zero attached hydrogens (tertiary/aromatic N) is 1. The molecule has 1 aromatic rings. The summed E-state index contributed by atoms with van der Waals surface area (Å²) in [5.74, 6) is 0.901. The van der Waals surface area contributed by atoms with Crippen molar-refractivity contribution in [3.8, 4) is 0 Å². The highest BCUT2D eigenvalue weighted by atomic mass is 16.2. The van der Waals surface area contributed by atoms with Crippen LogP contribution >= 0.6 is 0 Å². The van der Waals surface area contributed by atoms with Gasteiger partial charge in [0.2, 0.25) is 5.91 Å². The molecule has 0 spiro atoms. The largest absolute Gasteiger partial charge is 0.339 e. The van der Waals surface area contributed by atoms with Crippen LogP contribution in [-0.4, -0.2) is 23.9 Å². The lowest BCUT2D eigenvalue weighted by Crippen LogP contribution is -2.32. The third-order valence-corrected chi connectivity index (χ3v) is 3.44. The van der Waals surface area contributed by atoms with Crippen LogP contribution in [0.25, 0.3) is 6.08 Å². The van der Waals surface area contributed by atoms with Crippen LogP contribution in [0.2, 0.25) is 0 Å². The van der Waals surface area contributed by atoms with E-state index in [2.05, 4.69) is 26.0 Å². The molecule has 1 aromatic carbocycles. The smallest absolute Gasteiger partial charge is 0.246 e. The van der Waals surface area contributed by atoms with Crippen molar-refractivity contribution in [2.24, 2.45) is 5.92 Å². The maximum absolute atomic E-state index is 12.2. The van der Waals surface area contributed by atoms with E-state index in [1.807, 2.05) is 23.1 Å². The summed E-state index contributed by atoms with van der Waals surface area (Å²) in [7, 11) is 0. The van der Waals surface area contributed by atoms with Crippen LogP contribution in [0.4, 0.5) is 0 Å². The Kier molecular flexibility index (Phi) is 4.78. The van der Waals surface area contributed by atoms with Crippen molar-refractivity contribution in [3.63, 3.8) is 0 Å². The highest BCUT2D eigenvalue weighted by Crippen LogP contribution is 2.29. The van der Waals surface area contributed by atoms with E-state index in [1.54, 1.807) is 6.08 Å². The van der Waals surface area contributed by atoms with Crippen molar-refractivity contribution >= 4 is 12.0 Å². The molecule has 19 heavy (non-hydrogen) atoms. The lowest BCUT2D eigenvalue weighted by atomic mass is 10.1. The molecule has 1 aliphatic carbocycles. The van der Waals surface area contributed by atoms with Crippen molar-refractivity contribution in [2.45, 2.75) is 33.1 Å². The van der Waals surface area contributed by atoms with Gasteiger partial charge in [-0.25, -0.2) is 0 Å². The number of carbonyl (C=O) groups is 1. The molecule has 0 bridgehead atoms. The Bertz CT molecular complexity index is 460. The minimum Gasteiger partial charge on any atom is -0.339 e. The zero-order valence-corrected chi connectivity index (χ0v) is 11.9. The van der Waals surface area contributed by atoms with E-state index >= 15 is 0 Å². The summed E-state index contributed by atoms with van der Waals surface area (Å²) < 4.78 is 0. The van der Waals surface area contributed by atoms with Crippen LogP contribution in [0, 0.1) is 12.8 Å². The molecule has 0 atom stereocenters. The molecule has 0 radical (unpaired) electrons. The van der Waals surface area contributed by atoms with Gasteiger partial charge >= 0.3 is 0 Å². The van der Waals surface area contributed by atoms with Gasteiger partial charge in [0.1, 0.15) is 0 Å². The first-order chi connectivity index (χ1) is 9.19. The number of hydrogen-bond donors (Lipinski definition) is 0. The first kappa shape index (κ1) is 13.9. The summed E-state index contributed by atoms with van der Waals surface area (Å²) in [6.45, 7) is 5.99. The lowest BCUT2D eigenvalue weighted by Gasteiger charge is -2.20. The van der Waals surface area contributed by atoms with Gasteiger partial charge in [-0.3, -0.25) is 4.79 Å². The second-order valence-electron chi connectivity index (χ2n) is 5.48. The molecule has 0 saturated heterocycles. The molecule has 2 rings (SSSR count). The molecule has 1 aliphatic rings. The maximum Gasteiger partial charge on any atom is 0.246 e. The number of rotatable bonds is 6. The van der Waals surface area contributed by atoms with Crippen LogP contribution < -0.4 is 0 Å². The lowest BCUT2D eigenvalue weighted by molar-refractivity contribution is -0.126. The highest BCUT2D eigenvalue weighted by molar-refractivity contribution is 5.91. The Hall–Kier alpha value is -1.57. The number of benzene rings is 1. The number of aryl methyl sites for hydroxylation is 1. The SMILES string of the molecule is CCCN(CC1CC1)C(=O)/C=C/c1cccc(C)c1. The van der Waals surface area contributed by atoms with Gasteiger partial charge in [-0.1, -0.05) is 36.8 Å². The van der Waals surface area contributed by atoms with Gasteiger partial charge in [0.05, 0.1) is 0 Å². The van der Waals surface area contributed by atoms with Gasteiger partial charge in [-0.05, 0) is 43.7 Å². The maximum atomic E-state index is 12.2. The molecule has 1 fully saturated rings. The molecule has 0 aromatic heterocycles. The van der Waals surface area contributed by atoms with Gasteiger partial charge in [-0.15, -0.1) is 0 Å². The molecule has 1 amide bonds. The molecule has 0 unspecified atom stereocenters. The first-order valence-electron chi connectivity index (χ1n) is 7.22. The van der Waals surface area contributed by atoms with E-state index in [9.17, 15) is 4.79 Å². The Morgan fingerprint density at radius 1 is 1.42 bits per heavy atom. The van der Waals surface area contributed by atoms with Gasteiger partial charge < -0.3 is 4.90 Å². The zero-order valence-electron chi connectivity index (χ0n) is 11.9. The topological polar surface area (TPSA) is 20.3 Å². The zero-order chi connectivity index (χ0) is 13.7. The van der Waals surface area contributed by atoms with Gasteiger partial charge in [0.25, 0.3) is 0 Å². The fourth-order valence-corrected chi connectivity index (χ4v) is 2.22. The molecular formula is C17H23NO. The van der Waals surface area contributed by atoms with Crippen LogP contribution in [0.1, 0.15) is 37.3 Å². The standard InChI is InChI=1S/C17H23NO/c1-3-11-18(13-16-7-8-16)17(19)10-9-15-6-4-5-14(2)12-15/h4-6,9-10,12,16H,3,7-8,11,13H2,1-2H3/b10-9+. The van der Waals surface area contributed by atoms with Gasteiger partial charge in [-0.2, -0.15) is 0 Å². The predicted molar refractivity (Wildman–Crippen MR) is 79.8 cm³/mol. The van der Waals surface area contributed by atoms with Crippen molar-refractivity contribution in [3.05, 3.63) is 41.5 Å². The van der Waals surface area contributed by atoms with Gasteiger partial charge in [0.15, 0.2) is 0 Å². The number of amides is 1. The van der Waals surface area contributed by atoms with Gasteiger partial charge in [0, 0.05) is 19.2 Å². The normalized spacial score (nSPS) is 14.8. The van der Waals surface area contributed by atoms with Crippen LogP contribution in [0.15, 0.2) is 30.3 Å². The molecule has 2 nitrogen and oxygen atoms in total. The fourth-order valence-electron chi connectivity index (χ4n) is 2.22. The van der Waals surface area contributed by atoms with Crippen molar-refractivity contribution in [1.82, 2.24) is 4.90 Å². The summed E-state index contributed by atoms with van der Waals surface area (Å²) in [4.78, 5) is 14.2. The molecule has 0 N–H and O–H groups in total. The minimum absolute atomic E-state index is 0.148. The third-order valence-electron chi connectivity index (χ3n) is 3.44. The molecule has 2 heteroatoms. The monoisotopic (exact) mass is 257 g/mol. The van der Waals surface area contributed by atoms with Crippen molar-refractivity contribution < 1.29 is 4.79 Å². The van der Waals surface area contributed by atoms with E-state index < -0.39 is 0 Å². The summed E-state index contributed by atoms with van der Waals surface area (Å²) in [6.07, 6.45) is 7.23. The first-order valence-corrected chi connectivity index (χ1v) is 7.22. The van der Waals surface area contributed by atoms with E-state index in [0.29, 0.717) is 0 Å². The fraction of sp³-hybridized carbons (Fsp3) is 0.471. The van der Waals surface area contributed by atoms with E-state index in [1.165, 1.54) is 18.4 Å². The summed E-state index contributed by atoms with van der Waals surface area (Å²) >= 11 is 0. The second kappa shape index (κ2) is 6.55. The van der Waals surface area contributed by atoms with Crippen LogP contribution in [-0.2, 0) is 4.79 Å². The van der Waals surface area contributed by atoms with Crippen LogP contribution in [0.3, 0.4) is 0 Å². The molecule has 102 valence electrons. The van der Waals surface area contributed by atoms with Crippen LogP contribution in [0.5, 0.6) is 0 Å². The third kappa shape index (κ3) is 4.55. The molecule has 1 saturated carbocycles. The van der Waals surface area contributed by atoms with E-state index in [-0.39, 0.29) is 5.91 Å². The summed E-state index contributed by atoms with van der Waals surface area (Å²) in [6, 6.07) is 8.21. The molecule has 0 heterocycles. The average Bonchev–Trinajstić information content (AvgIpc) is 3.19. The Morgan fingerprint density at radius 2 is 2.21 bits per heavy atom. The Morgan fingerprint density at radius 3 is 2.84 bits per heavy atom. The highest BCUT2D eigenvalue weighted by Gasteiger charge is 2.25. The average molecular weight is 257 g/mol. The summed E-state index contributed by atoms with van der Waals surface area (Å²) in [5.41, 5.74) is 2.31. The molecular weight excluding hydrogens is 234 g/mol.